The molecule has 1 amide bonds. The Bertz CT molecular complexity index is 640. The summed E-state index contributed by atoms with van der Waals surface area (Å²) in [5.74, 6) is -1.26. The summed E-state index contributed by atoms with van der Waals surface area (Å²) in [5.41, 5.74) is -0.704. The minimum atomic E-state index is -1.44. The van der Waals surface area contributed by atoms with Crippen LogP contribution in [0.15, 0.2) is 24.3 Å². The zero-order valence-corrected chi connectivity index (χ0v) is 14.3. The monoisotopic (exact) mass is 354 g/mol. The van der Waals surface area contributed by atoms with Crippen molar-refractivity contribution in [2.45, 2.75) is 51.4 Å². The van der Waals surface area contributed by atoms with Crippen molar-refractivity contribution < 1.29 is 29.5 Å². The topological polar surface area (TPSA) is 139 Å². The van der Waals surface area contributed by atoms with Gasteiger partial charge in [0.25, 0.3) is 5.69 Å². The van der Waals surface area contributed by atoms with Crippen LogP contribution in [0.4, 0.5) is 10.5 Å². The Morgan fingerprint density at radius 3 is 2.44 bits per heavy atom. The number of ether oxygens (including phenoxy) is 1. The Morgan fingerprint density at radius 1 is 1.32 bits per heavy atom. The van der Waals surface area contributed by atoms with Crippen LogP contribution < -0.4 is 5.32 Å². The third-order valence-corrected chi connectivity index (χ3v) is 3.18. The number of nitro benzene ring substituents is 1. The van der Waals surface area contributed by atoms with E-state index >= 15 is 0 Å². The lowest BCUT2D eigenvalue weighted by atomic mass is 9.98. The van der Waals surface area contributed by atoms with Gasteiger partial charge in [-0.3, -0.25) is 14.9 Å². The average molecular weight is 354 g/mol. The van der Waals surface area contributed by atoms with Gasteiger partial charge in [0, 0.05) is 18.1 Å². The number of nitro groups is 1. The third kappa shape index (κ3) is 7.17. The number of aliphatic hydroxyl groups excluding tert-OH is 1. The van der Waals surface area contributed by atoms with Crippen molar-refractivity contribution in [1.29, 1.82) is 0 Å². The molecule has 0 aliphatic rings. The minimum absolute atomic E-state index is 0.120. The van der Waals surface area contributed by atoms with E-state index in [0.29, 0.717) is 0 Å². The summed E-state index contributed by atoms with van der Waals surface area (Å²) in [5, 5.41) is 32.4. The first kappa shape index (κ1) is 20.4. The molecule has 1 unspecified atom stereocenters. The Labute approximate surface area is 144 Å². The molecular weight excluding hydrogens is 332 g/mol. The summed E-state index contributed by atoms with van der Waals surface area (Å²) in [6.45, 7) is 4.95. The molecule has 9 heteroatoms. The largest absolute Gasteiger partial charge is 0.481 e. The van der Waals surface area contributed by atoms with Crippen LogP contribution in [-0.4, -0.2) is 44.9 Å². The molecule has 3 N–H and O–H groups in total. The van der Waals surface area contributed by atoms with Gasteiger partial charge in [0.15, 0.2) is 0 Å². The number of nitrogens with zero attached hydrogens (tertiary/aromatic N) is 1. The number of rotatable bonds is 7. The van der Waals surface area contributed by atoms with Gasteiger partial charge in [-0.15, -0.1) is 0 Å². The fourth-order valence-corrected chi connectivity index (χ4v) is 2.16. The van der Waals surface area contributed by atoms with Crippen LogP contribution in [-0.2, 0) is 16.0 Å². The first-order valence-corrected chi connectivity index (χ1v) is 7.61. The normalized spacial score (nSPS) is 13.6. The lowest BCUT2D eigenvalue weighted by molar-refractivity contribution is -0.385. The molecule has 25 heavy (non-hydrogen) atoms. The molecule has 0 heterocycles. The van der Waals surface area contributed by atoms with Crippen molar-refractivity contribution in [3.8, 4) is 0 Å². The second-order valence-corrected chi connectivity index (χ2v) is 6.51. The van der Waals surface area contributed by atoms with Gasteiger partial charge in [-0.2, -0.15) is 0 Å². The summed E-state index contributed by atoms with van der Waals surface area (Å²) < 4.78 is 5.10. The van der Waals surface area contributed by atoms with Crippen molar-refractivity contribution in [2.24, 2.45) is 0 Å². The first-order chi connectivity index (χ1) is 11.5. The van der Waals surface area contributed by atoms with Crippen LogP contribution in [0.3, 0.4) is 0 Å². The molecule has 1 aromatic rings. The smallest absolute Gasteiger partial charge is 0.407 e. The molecule has 0 bridgehead atoms. The van der Waals surface area contributed by atoms with Crippen molar-refractivity contribution in [3.05, 3.63) is 39.9 Å². The molecule has 2 atom stereocenters. The minimum Gasteiger partial charge on any atom is -0.481 e. The summed E-state index contributed by atoms with van der Waals surface area (Å²) in [4.78, 5) is 33.3. The summed E-state index contributed by atoms with van der Waals surface area (Å²) in [6, 6.07) is 4.79. The quantitative estimate of drug-likeness (QED) is 0.501. The van der Waals surface area contributed by atoms with E-state index in [4.69, 9.17) is 9.84 Å². The predicted molar refractivity (Wildman–Crippen MR) is 88.2 cm³/mol. The molecule has 0 aromatic heterocycles. The zero-order valence-electron chi connectivity index (χ0n) is 14.3. The Morgan fingerprint density at radius 2 is 1.92 bits per heavy atom. The number of hydrogen-bond acceptors (Lipinski definition) is 6. The molecule has 0 fully saturated rings. The SMILES string of the molecule is CC(C)(C)OC(=O)N[C@@H](Cc1ccccc1[N+](=O)[O-])C(O)CC(=O)O. The Balaban J connectivity index is 3.01. The van der Waals surface area contributed by atoms with E-state index in [1.807, 2.05) is 0 Å². The second kappa shape index (κ2) is 8.43. The number of amides is 1. The van der Waals surface area contributed by atoms with Crippen LogP contribution in [0.5, 0.6) is 0 Å². The van der Waals surface area contributed by atoms with E-state index < -0.39 is 41.2 Å². The van der Waals surface area contributed by atoms with Gasteiger partial charge in [0.1, 0.15) is 5.60 Å². The van der Waals surface area contributed by atoms with Gasteiger partial charge in [-0.1, -0.05) is 18.2 Å². The molecule has 9 nitrogen and oxygen atoms in total. The van der Waals surface area contributed by atoms with E-state index in [2.05, 4.69) is 5.32 Å². The molecule has 0 radical (unpaired) electrons. The van der Waals surface area contributed by atoms with E-state index in [1.54, 1.807) is 26.8 Å². The van der Waals surface area contributed by atoms with Crippen LogP contribution in [0.2, 0.25) is 0 Å². The number of para-hydroxylation sites is 1. The molecule has 0 aliphatic heterocycles. The number of carbonyl (C=O) groups is 2. The number of carboxylic acid groups (broad SMARTS) is 1. The Hall–Kier alpha value is -2.68. The van der Waals surface area contributed by atoms with E-state index in [-0.39, 0.29) is 17.7 Å². The number of carbonyl (C=O) groups excluding carboxylic acids is 1. The van der Waals surface area contributed by atoms with Crippen LogP contribution in [0.1, 0.15) is 32.8 Å². The summed E-state index contributed by atoms with van der Waals surface area (Å²) in [7, 11) is 0. The maximum atomic E-state index is 11.9. The number of hydrogen-bond donors (Lipinski definition) is 3. The van der Waals surface area contributed by atoms with Gasteiger partial charge in [-0.05, 0) is 20.8 Å². The highest BCUT2D eigenvalue weighted by atomic mass is 16.6. The standard InChI is InChI=1S/C16H22N2O7/c1-16(2,3)25-15(22)17-11(13(19)9-14(20)21)8-10-6-4-5-7-12(10)18(23)24/h4-7,11,13,19H,8-9H2,1-3H3,(H,17,22)(H,20,21)/t11-,13?/m0/s1. The first-order valence-electron chi connectivity index (χ1n) is 7.61. The predicted octanol–water partition coefficient (Wildman–Crippen LogP) is 1.87. The molecule has 0 saturated carbocycles. The molecular formula is C16H22N2O7. The highest BCUT2D eigenvalue weighted by Crippen LogP contribution is 2.21. The van der Waals surface area contributed by atoms with Gasteiger partial charge in [0.2, 0.25) is 0 Å². The van der Waals surface area contributed by atoms with Gasteiger partial charge in [0.05, 0.1) is 23.5 Å². The van der Waals surface area contributed by atoms with Crippen LogP contribution >= 0.6 is 0 Å². The van der Waals surface area contributed by atoms with Crippen molar-refractivity contribution in [3.63, 3.8) is 0 Å². The van der Waals surface area contributed by atoms with Crippen molar-refractivity contribution >= 4 is 17.7 Å². The second-order valence-electron chi connectivity index (χ2n) is 6.51. The summed E-state index contributed by atoms with van der Waals surface area (Å²) >= 11 is 0. The number of benzene rings is 1. The van der Waals surface area contributed by atoms with Gasteiger partial charge >= 0.3 is 12.1 Å². The van der Waals surface area contributed by atoms with Crippen molar-refractivity contribution in [1.82, 2.24) is 5.32 Å². The van der Waals surface area contributed by atoms with E-state index in [9.17, 15) is 24.8 Å². The number of aliphatic hydroxyl groups is 1. The maximum absolute atomic E-state index is 11.9. The van der Waals surface area contributed by atoms with E-state index in [1.165, 1.54) is 18.2 Å². The van der Waals surface area contributed by atoms with Gasteiger partial charge < -0.3 is 20.3 Å². The molecule has 0 spiro atoms. The molecule has 0 aliphatic carbocycles. The highest BCUT2D eigenvalue weighted by Gasteiger charge is 2.28. The molecule has 0 saturated heterocycles. The number of nitrogens with one attached hydrogen (secondary N) is 1. The summed E-state index contributed by atoms with van der Waals surface area (Å²) in [6.07, 6.45) is -3.03. The third-order valence-electron chi connectivity index (χ3n) is 3.18. The van der Waals surface area contributed by atoms with Gasteiger partial charge in [-0.25, -0.2) is 4.79 Å². The zero-order chi connectivity index (χ0) is 19.2. The number of aliphatic carboxylic acids is 1. The lowest BCUT2D eigenvalue weighted by Crippen LogP contribution is -2.47. The average Bonchev–Trinajstić information content (AvgIpc) is 2.44. The maximum Gasteiger partial charge on any atom is 0.407 e. The Kier molecular flexibility index (Phi) is 6.86. The lowest BCUT2D eigenvalue weighted by Gasteiger charge is -2.26. The fourth-order valence-electron chi connectivity index (χ4n) is 2.16. The number of alkyl carbamates (subject to hydrolysis) is 1. The highest BCUT2D eigenvalue weighted by molar-refractivity contribution is 5.69. The molecule has 1 rings (SSSR count). The number of carboxylic acids is 1. The van der Waals surface area contributed by atoms with E-state index in [0.717, 1.165) is 0 Å². The van der Waals surface area contributed by atoms with Crippen LogP contribution in [0.25, 0.3) is 0 Å². The fraction of sp³-hybridized carbons (Fsp3) is 0.500. The molecule has 1 aromatic carbocycles. The van der Waals surface area contributed by atoms with Crippen molar-refractivity contribution in [2.75, 3.05) is 0 Å². The van der Waals surface area contributed by atoms with Crippen LogP contribution in [0, 0.1) is 10.1 Å². The molecule has 138 valence electrons.